The smallest absolute Gasteiger partial charge is 0.339 e. The maximum atomic E-state index is 12.8. The number of para-hydroxylation sites is 1. The number of urea groups is 1. The number of esters is 1. The summed E-state index contributed by atoms with van der Waals surface area (Å²) in [4.78, 5) is 42.2. The summed E-state index contributed by atoms with van der Waals surface area (Å²) < 4.78 is 5.18. The maximum Gasteiger partial charge on any atom is 0.339 e. The summed E-state index contributed by atoms with van der Waals surface area (Å²) in [5, 5.41) is 7.28. The van der Waals surface area contributed by atoms with Gasteiger partial charge in [0.05, 0.1) is 21.7 Å². The molecular weight excluding hydrogens is 426 g/mol. The first-order chi connectivity index (χ1) is 15.6. The van der Waals surface area contributed by atoms with Gasteiger partial charge in [-0.1, -0.05) is 54.6 Å². The van der Waals surface area contributed by atoms with Crippen LogP contribution in [-0.4, -0.2) is 29.5 Å². The number of pyridine rings is 1. The number of amides is 3. The van der Waals surface area contributed by atoms with Gasteiger partial charge in [-0.3, -0.25) is 10.1 Å². The molecule has 0 bridgehead atoms. The second kappa shape index (κ2) is 9.84. The Balaban J connectivity index is 1.39. The highest BCUT2D eigenvalue weighted by molar-refractivity contribution is 7.13. The molecule has 2 aromatic heterocycles. The Kier molecular flexibility index (Phi) is 6.52. The molecule has 2 heterocycles. The third kappa shape index (κ3) is 5.16. The molecule has 3 amide bonds. The quantitative estimate of drug-likeness (QED) is 0.435. The molecule has 7 nitrogen and oxygen atoms in total. The molecule has 2 aromatic carbocycles. The average Bonchev–Trinajstić information content (AvgIpc) is 3.36. The fraction of sp³-hybridized carbons (Fsp3) is 0.0833. The number of benzene rings is 2. The van der Waals surface area contributed by atoms with Crippen LogP contribution in [0.4, 0.5) is 4.79 Å². The van der Waals surface area contributed by atoms with Crippen LogP contribution in [0.25, 0.3) is 21.5 Å². The Morgan fingerprint density at radius 2 is 1.72 bits per heavy atom. The van der Waals surface area contributed by atoms with Crippen molar-refractivity contribution in [1.82, 2.24) is 15.6 Å². The van der Waals surface area contributed by atoms with Crippen LogP contribution in [0, 0.1) is 0 Å². The minimum Gasteiger partial charge on any atom is -0.452 e. The van der Waals surface area contributed by atoms with E-state index in [4.69, 9.17) is 4.74 Å². The van der Waals surface area contributed by atoms with Gasteiger partial charge in [0.25, 0.3) is 5.91 Å². The Morgan fingerprint density at radius 1 is 0.938 bits per heavy atom. The number of carbonyl (C=O) groups excluding carboxylic acids is 3. The summed E-state index contributed by atoms with van der Waals surface area (Å²) in [6, 6.07) is 21.3. The minimum absolute atomic E-state index is 0.272. The van der Waals surface area contributed by atoms with Gasteiger partial charge in [0, 0.05) is 11.9 Å². The first kappa shape index (κ1) is 21.2. The topological polar surface area (TPSA) is 97.4 Å². The molecule has 32 heavy (non-hydrogen) atoms. The first-order valence-corrected chi connectivity index (χ1v) is 10.7. The van der Waals surface area contributed by atoms with Crippen molar-refractivity contribution in [2.24, 2.45) is 0 Å². The first-order valence-electron chi connectivity index (χ1n) is 9.82. The molecule has 160 valence electrons. The van der Waals surface area contributed by atoms with Gasteiger partial charge < -0.3 is 10.1 Å². The zero-order valence-electron chi connectivity index (χ0n) is 16.9. The highest BCUT2D eigenvalue weighted by Crippen LogP contribution is 2.28. The highest BCUT2D eigenvalue weighted by Gasteiger charge is 2.17. The van der Waals surface area contributed by atoms with Gasteiger partial charge in [-0.25, -0.2) is 14.6 Å². The highest BCUT2D eigenvalue weighted by atomic mass is 32.1. The van der Waals surface area contributed by atoms with E-state index in [0.717, 1.165) is 10.4 Å². The van der Waals surface area contributed by atoms with Crippen LogP contribution in [-0.2, 0) is 16.1 Å². The number of hydrogen-bond acceptors (Lipinski definition) is 6. The lowest BCUT2D eigenvalue weighted by atomic mass is 10.1. The number of thiophene rings is 1. The van der Waals surface area contributed by atoms with Crippen molar-refractivity contribution in [2.45, 2.75) is 6.54 Å². The zero-order chi connectivity index (χ0) is 22.3. The molecular formula is C24H19N3O4S. The van der Waals surface area contributed by atoms with Gasteiger partial charge in [-0.05, 0) is 29.1 Å². The van der Waals surface area contributed by atoms with E-state index in [2.05, 4.69) is 15.6 Å². The molecule has 0 radical (unpaired) electrons. The van der Waals surface area contributed by atoms with Crippen molar-refractivity contribution in [3.05, 3.63) is 89.3 Å². The van der Waals surface area contributed by atoms with Gasteiger partial charge in [0.1, 0.15) is 0 Å². The van der Waals surface area contributed by atoms with Crippen LogP contribution in [0.5, 0.6) is 0 Å². The molecule has 0 saturated heterocycles. The predicted molar refractivity (Wildman–Crippen MR) is 122 cm³/mol. The maximum absolute atomic E-state index is 12.8. The molecule has 0 saturated carbocycles. The number of fused-ring (bicyclic) bond motifs is 1. The van der Waals surface area contributed by atoms with E-state index in [1.165, 1.54) is 11.3 Å². The van der Waals surface area contributed by atoms with Crippen molar-refractivity contribution < 1.29 is 19.1 Å². The second-order valence-electron chi connectivity index (χ2n) is 6.84. The van der Waals surface area contributed by atoms with Crippen molar-refractivity contribution in [2.75, 3.05) is 6.61 Å². The van der Waals surface area contributed by atoms with Gasteiger partial charge in [0.15, 0.2) is 6.61 Å². The summed E-state index contributed by atoms with van der Waals surface area (Å²) in [5.74, 6) is -1.39. The zero-order valence-corrected chi connectivity index (χ0v) is 17.7. The molecule has 4 aromatic rings. The van der Waals surface area contributed by atoms with Gasteiger partial charge >= 0.3 is 12.0 Å². The normalized spacial score (nSPS) is 10.5. The summed E-state index contributed by atoms with van der Waals surface area (Å²) in [7, 11) is 0. The Labute approximate surface area is 188 Å². The molecule has 2 N–H and O–H groups in total. The lowest BCUT2D eigenvalue weighted by Crippen LogP contribution is -2.41. The van der Waals surface area contributed by atoms with E-state index in [9.17, 15) is 14.4 Å². The Hall–Kier alpha value is -4.04. The second-order valence-corrected chi connectivity index (χ2v) is 7.79. The predicted octanol–water partition coefficient (Wildman–Crippen LogP) is 4.15. The van der Waals surface area contributed by atoms with Gasteiger partial charge in [0.2, 0.25) is 0 Å². The number of rotatable bonds is 6. The van der Waals surface area contributed by atoms with Crippen LogP contribution >= 0.6 is 11.3 Å². The van der Waals surface area contributed by atoms with Crippen LogP contribution < -0.4 is 10.6 Å². The number of nitrogens with one attached hydrogen (secondary N) is 2. The molecule has 0 aliphatic carbocycles. The fourth-order valence-corrected chi connectivity index (χ4v) is 3.77. The lowest BCUT2D eigenvalue weighted by molar-refractivity contribution is -0.123. The molecule has 8 heteroatoms. The Morgan fingerprint density at radius 3 is 2.50 bits per heavy atom. The molecule has 0 unspecified atom stereocenters. The third-order valence-electron chi connectivity index (χ3n) is 4.59. The van der Waals surface area contributed by atoms with Crippen LogP contribution in [0.15, 0.2) is 78.2 Å². The van der Waals surface area contributed by atoms with E-state index in [-0.39, 0.29) is 6.54 Å². The van der Waals surface area contributed by atoms with E-state index >= 15 is 0 Å². The van der Waals surface area contributed by atoms with Crippen LogP contribution in [0.3, 0.4) is 0 Å². The van der Waals surface area contributed by atoms with Crippen LogP contribution in [0.1, 0.15) is 15.9 Å². The number of aromatic nitrogens is 1. The molecule has 0 aliphatic heterocycles. The SMILES string of the molecule is O=C(COC(=O)c1cc(-c2cccs2)nc2ccccc12)NC(=O)NCc1ccccc1. The minimum atomic E-state index is -0.722. The summed E-state index contributed by atoms with van der Waals surface area (Å²) in [6.45, 7) is -0.309. The van der Waals surface area contributed by atoms with E-state index in [1.807, 2.05) is 60.0 Å². The summed E-state index contributed by atoms with van der Waals surface area (Å²) in [5.41, 5.74) is 2.50. The number of hydrogen-bond donors (Lipinski definition) is 2. The molecule has 0 atom stereocenters. The van der Waals surface area contributed by atoms with Crippen molar-refractivity contribution in [3.8, 4) is 10.6 Å². The third-order valence-corrected chi connectivity index (χ3v) is 5.49. The number of imide groups is 1. The van der Waals surface area contributed by atoms with E-state index in [0.29, 0.717) is 22.2 Å². The van der Waals surface area contributed by atoms with Gasteiger partial charge in [-0.2, -0.15) is 0 Å². The number of ether oxygens (including phenoxy) is 1. The standard InChI is InChI=1S/C24H19N3O4S/c28-22(27-24(30)25-14-16-7-2-1-3-8-16)15-31-23(29)18-13-20(21-11-6-12-32-21)26-19-10-5-4-9-17(18)19/h1-13H,14-15H2,(H2,25,27,28,30). The van der Waals surface area contributed by atoms with E-state index < -0.39 is 24.5 Å². The van der Waals surface area contributed by atoms with Crippen molar-refractivity contribution in [3.63, 3.8) is 0 Å². The summed E-state index contributed by atoms with van der Waals surface area (Å²) in [6.07, 6.45) is 0. The van der Waals surface area contributed by atoms with Crippen molar-refractivity contribution >= 4 is 40.1 Å². The number of nitrogens with zero attached hydrogens (tertiary/aromatic N) is 1. The monoisotopic (exact) mass is 445 g/mol. The summed E-state index contributed by atoms with van der Waals surface area (Å²) >= 11 is 1.51. The Bertz CT molecular complexity index is 1260. The molecule has 0 aliphatic rings. The van der Waals surface area contributed by atoms with Gasteiger partial charge in [-0.15, -0.1) is 11.3 Å². The van der Waals surface area contributed by atoms with E-state index in [1.54, 1.807) is 18.2 Å². The van der Waals surface area contributed by atoms with Crippen molar-refractivity contribution in [1.29, 1.82) is 0 Å². The average molecular weight is 446 g/mol. The lowest BCUT2D eigenvalue weighted by Gasteiger charge is -2.10. The fourth-order valence-electron chi connectivity index (χ4n) is 3.09. The number of carbonyl (C=O) groups is 3. The molecule has 0 fully saturated rings. The largest absolute Gasteiger partial charge is 0.452 e. The molecule has 4 rings (SSSR count). The molecule has 0 spiro atoms. The van der Waals surface area contributed by atoms with Crippen LogP contribution in [0.2, 0.25) is 0 Å².